The second-order valence-electron chi connectivity index (χ2n) is 8.61. The first-order chi connectivity index (χ1) is 16.3. The van der Waals surface area contributed by atoms with E-state index >= 15 is 0 Å². The lowest BCUT2D eigenvalue weighted by Gasteiger charge is -2.08. The molecule has 0 atom stereocenters. The smallest absolute Gasteiger partial charge is 0.159 e. The molecule has 0 aliphatic rings. The largest absolute Gasteiger partial charge is 0.494 e. The van der Waals surface area contributed by atoms with Gasteiger partial charge in [-0.05, 0) is 49.9 Å². The van der Waals surface area contributed by atoms with E-state index in [0.29, 0.717) is 18.2 Å². The van der Waals surface area contributed by atoms with E-state index in [-0.39, 0.29) is 0 Å². The van der Waals surface area contributed by atoms with Gasteiger partial charge < -0.3 is 14.2 Å². The second kappa shape index (κ2) is 18.3. The van der Waals surface area contributed by atoms with E-state index in [9.17, 15) is 0 Å². The van der Waals surface area contributed by atoms with Crippen molar-refractivity contribution in [3.63, 3.8) is 0 Å². The first-order valence-corrected chi connectivity index (χ1v) is 13.1. The van der Waals surface area contributed by atoms with Crippen LogP contribution in [-0.4, -0.2) is 36.4 Å². The van der Waals surface area contributed by atoms with Crippen LogP contribution in [0.25, 0.3) is 11.4 Å². The minimum absolute atomic E-state index is 0.657. The van der Waals surface area contributed by atoms with Crippen molar-refractivity contribution in [2.24, 2.45) is 0 Å². The highest BCUT2D eigenvalue weighted by Gasteiger charge is 2.03. The van der Waals surface area contributed by atoms with Gasteiger partial charge in [0.15, 0.2) is 11.6 Å². The summed E-state index contributed by atoms with van der Waals surface area (Å²) in [5.41, 5.74) is 0.977. The van der Waals surface area contributed by atoms with Crippen molar-refractivity contribution in [3.8, 4) is 22.9 Å². The summed E-state index contributed by atoms with van der Waals surface area (Å²) in [5.74, 6) is 2.30. The number of nitrogens with zero attached hydrogens (tertiary/aromatic N) is 2. The average molecular weight is 457 g/mol. The van der Waals surface area contributed by atoms with Gasteiger partial charge in [-0.25, -0.2) is 9.97 Å². The lowest BCUT2D eigenvalue weighted by molar-refractivity contribution is 0.123. The fourth-order valence-corrected chi connectivity index (χ4v) is 3.51. The summed E-state index contributed by atoms with van der Waals surface area (Å²) < 4.78 is 17.2. The van der Waals surface area contributed by atoms with Gasteiger partial charge in [-0.3, -0.25) is 0 Å². The van der Waals surface area contributed by atoms with Crippen LogP contribution in [-0.2, 0) is 4.74 Å². The van der Waals surface area contributed by atoms with Crippen LogP contribution in [0.1, 0.15) is 90.9 Å². The maximum atomic E-state index is 5.88. The van der Waals surface area contributed by atoms with Crippen molar-refractivity contribution in [2.75, 3.05) is 26.4 Å². The molecule has 33 heavy (non-hydrogen) atoms. The number of hydrogen-bond donors (Lipinski definition) is 0. The van der Waals surface area contributed by atoms with E-state index in [0.717, 1.165) is 56.8 Å². The van der Waals surface area contributed by atoms with Crippen LogP contribution in [0.15, 0.2) is 36.7 Å². The third kappa shape index (κ3) is 12.6. The molecule has 0 N–H and O–H groups in total. The summed E-state index contributed by atoms with van der Waals surface area (Å²) >= 11 is 0. The number of hydrogen-bond acceptors (Lipinski definition) is 5. The fourth-order valence-electron chi connectivity index (χ4n) is 3.51. The Kier molecular flexibility index (Phi) is 15.0. The van der Waals surface area contributed by atoms with Crippen LogP contribution < -0.4 is 9.47 Å². The average Bonchev–Trinajstić information content (AvgIpc) is 2.85. The van der Waals surface area contributed by atoms with Gasteiger partial charge in [-0.1, -0.05) is 65.2 Å². The minimum Gasteiger partial charge on any atom is -0.494 e. The summed E-state index contributed by atoms with van der Waals surface area (Å²) in [6.45, 7) is 7.54. The van der Waals surface area contributed by atoms with Gasteiger partial charge in [0, 0.05) is 18.8 Å². The first-order valence-electron chi connectivity index (χ1n) is 13.1. The third-order valence-corrected chi connectivity index (χ3v) is 5.60. The molecule has 0 aliphatic heterocycles. The Bertz CT molecular complexity index is 704. The van der Waals surface area contributed by atoms with Crippen LogP contribution in [0.5, 0.6) is 11.5 Å². The molecule has 1 heterocycles. The van der Waals surface area contributed by atoms with E-state index in [1.807, 2.05) is 24.3 Å². The molecule has 5 nitrogen and oxygen atoms in total. The van der Waals surface area contributed by atoms with Crippen LogP contribution in [0.4, 0.5) is 0 Å². The maximum absolute atomic E-state index is 5.88. The lowest BCUT2D eigenvalue weighted by Crippen LogP contribution is -2.02. The highest BCUT2D eigenvalue weighted by atomic mass is 16.5. The first kappa shape index (κ1) is 27.1. The van der Waals surface area contributed by atoms with Crippen molar-refractivity contribution in [1.29, 1.82) is 0 Å². The second-order valence-corrected chi connectivity index (χ2v) is 8.61. The molecule has 1 aromatic heterocycles. The Labute approximate surface area is 201 Å². The molecule has 0 bridgehead atoms. The summed E-state index contributed by atoms with van der Waals surface area (Å²) in [6.07, 6.45) is 18.3. The minimum atomic E-state index is 0.657. The van der Waals surface area contributed by atoms with Crippen molar-refractivity contribution in [2.45, 2.75) is 90.9 Å². The standard InChI is InChI=1S/C28H44N2O3/c1-3-5-7-8-9-10-11-12-21-32-26-17-15-25(16-18-26)28-29-23-27(24-30-28)33-22-14-13-20-31-19-6-4-2/h15-18,23-24H,3-14,19-22H2,1-2H3. The zero-order valence-corrected chi connectivity index (χ0v) is 20.9. The molecule has 2 aromatic rings. The molecule has 2 rings (SSSR count). The SMILES string of the molecule is CCCCCCCCCCOc1ccc(-c2ncc(OCCCCOCCCC)cn2)cc1. The molecule has 0 amide bonds. The zero-order valence-electron chi connectivity index (χ0n) is 20.9. The third-order valence-electron chi connectivity index (χ3n) is 5.60. The summed E-state index contributed by atoms with van der Waals surface area (Å²) in [4.78, 5) is 8.90. The Balaban J connectivity index is 1.59. The van der Waals surface area contributed by atoms with Crippen molar-refractivity contribution < 1.29 is 14.2 Å². The summed E-state index contributed by atoms with van der Waals surface area (Å²) in [5, 5.41) is 0. The number of rotatable bonds is 20. The Morgan fingerprint density at radius 2 is 1.06 bits per heavy atom. The number of benzene rings is 1. The molecule has 0 spiro atoms. The molecular weight excluding hydrogens is 412 g/mol. The van der Waals surface area contributed by atoms with E-state index in [4.69, 9.17) is 14.2 Å². The zero-order chi connectivity index (χ0) is 23.4. The van der Waals surface area contributed by atoms with Gasteiger partial charge in [0.05, 0.1) is 25.6 Å². The monoisotopic (exact) mass is 456 g/mol. The Morgan fingerprint density at radius 3 is 1.73 bits per heavy atom. The molecule has 0 fully saturated rings. The van der Waals surface area contributed by atoms with Gasteiger partial charge in [0.1, 0.15) is 5.75 Å². The van der Waals surface area contributed by atoms with E-state index in [1.165, 1.54) is 51.4 Å². The van der Waals surface area contributed by atoms with Gasteiger partial charge >= 0.3 is 0 Å². The van der Waals surface area contributed by atoms with E-state index < -0.39 is 0 Å². The van der Waals surface area contributed by atoms with E-state index in [2.05, 4.69) is 23.8 Å². The molecule has 5 heteroatoms. The summed E-state index contributed by atoms with van der Waals surface area (Å²) in [6, 6.07) is 8.02. The van der Waals surface area contributed by atoms with Crippen LogP contribution in [0.2, 0.25) is 0 Å². The van der Waals surface area contributed by atoms with Crippen LogP contribution in [0.3, 0.4) is 0 Å². The van der Waals surface area contributed by atoms with E-state index in [1.54, 1.807) is 12.4 Å². The van der Waals surface area contributed by atoms with Gasteiger partial charge in [-0.2, -0.15) is 0 Å². The molecule has 0 saturated carbocycles. The highest BCUT2D eigenvalue weighted by molar-refractivity contribution is 5.56. The number of aromatic nitrogens is 2. The van der Waals surface area contributed by atoms with Crippen molar-refractivity contribution in [1.82, 2.24) is 9.97 Å². The quantitative estimate of drug-likeness (QED) is 0.192. The molecular formula is C28H44N2O3. The topological polar surface area (TPSA) is 53.5 Å². The number of unbranched alkanes of at least 4 members (excludes halogenated alkanes) is 9. The Morgan fingerprint density at radius 1 is 0.545 bits per heavy atom. The Hall–Kier alpha value is -2.14. The normalized spacial score (nSPS) is 11.0. The number of ether oxygens (including phenoxy) is 3. The maximum Gasteiger partial charge on any atom is 0.159 e. The van der Waals surface area contributed by atoms with Crippen molar-refractivity contribution in [3.05, 3.63) is 36.7 Å². The fraction of sp³-hybridized carbons (Fsp3) is 0.643. The molecule has 0 radical (unpaired) electrons. The van der Waals surface area contributed by atoms with Gasteiger partial charge in [0.25, 0.3) is 0 Å². The molecule has 184 valence electrons. The summed E-state index contributed by atoms with van der Waals surface area (Å²) in [7, 11) is 0. The predicted molar refractivity (Wildman–Crippen MR) is 136 cm³/mol. The predicted octanol–water partition coefficient (Wildman–Crippen LogP) is 7.64. The van der Waals surface area contributed by atoms with Gasteiger partial charge in [-0.15, -0.1) is 0 Å². The van der Waals surface area contributed by atoms with Crippen LogP contribution in [0, 0.1) is 0 Å². The van der Waals surface area contributed by atoms with Crippen molar-refractivity contribution >= 4 is 0 Å². The molecule has 0 aliphatic carbocycles. The lowest BCUT2D eigenvalue weighted by atomic mass is 10.1. The molecule has 1 aromatic carbocycles. The highest BCUT2D eigenvalue weighted by Crippen LogP contribution is 2.21. The molecule has 0 saturated heterocycles. The van der Waals surface area contributed by atoms with Crippen LogP contribution >= 0.6 is 0 Å². The molecule has 0 unspecified atom stereocenters. The van der Waals surface area contributed by atoms with Gasteiger partial charge in [0.2, 0.25) is 0 Å².